The minimum absolute atomic E-state index is 0.684. The maximum atomic E-state index is 5.28. The lowest BCUT2D eigenvalue weighted by Gasteiger charge is -2.24. The first-order valence-corrected chi connectivity index (χ1v) is 6.59. The van der Waals surface area contributed by atoms with Gasteiger partial charge in [0, 0.05) is 25.4 Å². The Hall–Kier alpha value is -1.65. The van der Waals surface area contributed by atoms with Crippen LogP contribution in [0.3, 0.4) is 0 Å². The molecule has 0 spiro atoms. The Morgan fingerprint density at radius 2 is 2.33 bits per heavy atom. The Kier molecular flexibility index (Phi) is 3.13. The van der Waals surface area contributed by atoms with E-state index in [4.69, 9.17) is 4.52 Å². The van der Waals surface area contributed by atoms with Gasteiger partial charge in [-0.2, -0.15) is 10.1 Å². The van der Waals surface area contributed by atoms with Gasteiger partial charge in [-0.15, -0.1) is 0 Å². The summed E-state index contributed by atoms with van der Waals surface area (Å²) >= 11 is 0. The van der Waals surface area contributed by atoms with E-state index in [9.17, 15) is 0 Å². The number of aryl methyl sites for hydroxylation is 2. The molecule has 1 saturated carbocycles. The second-order valence-electron chi connectivity index (χ2n) is 5.06. The average molecular weight is 246 g/mol. The van der Waals surface area contributed by atoms with Crippen LogP contribution in [0, 0.1) is 5.92 Å². The molecule has 1 aliphatic carbocycles. The SMILES string of the molecule is Cn1nccc1Cc1noc(CCC2CCC2)n1. The predicted octanol–water partition coefficient (Wildman–Crippen LogP) is 2.13. The number of aromatic nitrogens is 4. The van der Waals surface area contributed by atoms with Crippen LogP contribution in [0.2, 0.25) is 0 Å². The molecule has 2 aromatic rings. The molecule has 0 saturated heterocycles. The zero-order chi connectivity index (χ0) is 12.4. The van der Waals surface area contributed by atoms with E-state index in [1.807, 2.05) is 17.8 Å². The summed E-state index contributed by atoms with van der Waals surface area (Å²) in [5.74, 6) is 2.42. The van der Waals surface area contributed by atoms with Crippen LogP contribution in [-0.4, -0.2) is 19.9 Å². The largest absolute Gasteiger partial charge is 0.339 e. The summed E-state index contributed by atoms with van der Waals surface area (Å²) in [5.41, 5.74) is 1.10. The molecule has 18 heavy (non-hydrogen) atoms. The van der Waals surface area contributed by atoms with Crippen molar-refractivity contribution in [1.82, 2.24) is 19.9 Å². The molecule has 0 amide bonds. The topological polar surface area (TPSA) is 56.7 Å². The lowest BCUT2D eigenvalue weighted by Crippen LogP contribution is -2.11. The van der Waals surface area contributed by atoms with Crippen molar-refractivity contribution in [1.29, 1.82) is 0 Å². The molecule has 1 aliphatic rings. The predicted molar refractivity (Wildman–Crippen MR) is 66.0 cm³/mol. The zero-order valence-electron chi connectivity index (χ0n) is 10.7. The monoisotopic (exact) mass is 246 g/mol. The van der Waals surface area contributed by atoms with Gasteiger partial charge in [-0.3, -0.25) is 4.68 Å². The van der Waals surface area contributed by atoms with Gasteiger partial charge in [0.2, 0.25) is 5.89 Å². The van der Waals surface area contributed by atoms with Crippen molar-refractivity contribution in [3.05, 3.63) is 29.7 Å². The summed E-state index contributed by atoms with van der Waals surface area (Å²) in [7, 11) is 1.92. The van der Waals surface area contributed by atoms with E-state index in [2.05, 4.69) is 15.2 Å². The van der Waals surface area contributed by atoms with Gasteiger partial charge in [0.25, 0.3) is 0 Å². The van der Waals surface area contributed by atoms with Crippen LogP contribution in [0.15, 0.2) is 16.8 Å². The molecule has 0 N–H and O–H groups in total. The first-order chi connectivity index (χ1) is 8.81. The highest BCUT2D eigenvalue weighted by Crippen LogP contribution is 2.30. The van der Waals surface area contributed by atoms with Gasteiger partial charge in [-0.1, -0.05) is 24.4 Å². The molecule has 0 radical (unpaired) electrons. The molecular weight excluding hydrogens is 228 g/mol. The summed E-state index contributed by atoms with van der Waals surface area (Å²) < 4.78 is 7.12. The summed E-state index contributed by atoms with van der Waals surface area (Å²) in [6.45, 7) is 0. The van der Waals surface area contributed by atoms with E-state index in [0.29, 0.717) is 6.42 Å². The minimum Gasteiger partial charge on any atom is -0.339 e. The fourth-order valence-electron chi connectivity index (χ4n) is 2.31. The standard InChI is InChI=1S/C13H18N4O/c1-17-11(7-8-14-17)9-12-15-13(18-16-12)6-5-10-3-2-4-10/h7-8,10H,2-6,9H2,1H3. The van der Waals surface area contributed by atoms with E-state index in [-0.39, 0.29) is 0 Å². The number of nitrogens with zero attached hydrogens (tertiary/aromatic N) is 4. The molecule has 2 heterocycles. The van der Waals surface area contributed by atoms with E-state index < -0.39 is 0 Å². The first-order valence-electron chi connectivity index (χ1n) is 6.59. The highest BCUT2D eigenvalue weighted by Gasteiger charge is 2.18. The molecule has 0 aliphatic heterocycles. The lowest BCUT2D eigenvalue weighted by atomic mass is 9.82. The second kappa shape index (κ2) is 4.92. The third kappa shape index (κ3) is 2.44. The third-order valence-electron chi connectivity index (χ3n) is 3.76. The molecule has 0 bridgehead atoms. The summed E-state index contributed by atoms with van der Waals surface area (Å²) in [4.78, 5) is 4.44. The van der Waals surface area contributed by atoms with Crippen molar-refractivity contribution in [3.8, 4) is 0 Å². The van der Waals surface area contributed by atoms with Crippen molar-refractivity contribution in [2.24, 2.45) is 13.0 Å². The van der Waals surface area contributed by atoms with Crippen molar-refractivity contribution in [2.75, 3.05) is 0 Å². The number of rotatable bonds is 5. The van der Waals surface area contributed by atoms with Crippen LogP contribution in [0.4, 0.5) is 0 Å². The zero-order valence-corrected chi connectivity index (χ0v) is 10.7. The van der Waals surface area contributed by atoms with Gasteiger partial charge in [0.15, 0.2) is 5.82 Å². The fourth-order valence-corrected chi connectivity index (χ4v) is 2.31. The quantitative estimate of drug-likeness (QED) is 0.811. The highest BCUT2D eigenvalue weighted by molar-refractivity contribution is 5.07. The van der Waals surface area contributed by atoms with Crippen LogP contribution in [-0.2, 0) is 19.9 Å². The molecule has 0 atom stereocenters. The molecule has 3 rings (SSSR count). The Morgan fingerprint density at radius 1 is 1.44 bits per heavy atom. The highest BCUT2D eigenvalue weighted by atomic mass is 16.5. The van der Waals surface area contributed by atoms with Crippen molar-refractivity contribution >= 4 is 0 Å². The average Bonchev–Trinajstić information content (AvgIpc) is 2.88. The van der Waals surface area contributed by atoms with Crippen molar-refractivity contribution in [2.45, 2.75) is 38.5 Å². The molecule has 5 heteroatoms. The second-order valence-corrected chi connectivity index (χ2v) is 5.06. The molecule has 0 aromatic carbocycles. The van der Waals surface area contributed by atoms with Crippen LogP contribution in [0.5, 0.6) is 0 Å². The Labute approximate surface area is 106 Å². The minimum atomic E-state index is 0.684. The van der Waals surface area contributed by atoms with E-state index in [1.54, 1.807) is 6.20 Å². The Bertz CT molecular complexity index is 513. The maximum absolute atomic E-state index is 5.28. The molecule has 2 aromatic heterocycles. The maximum Gasteiger partial charge on any atom is 0.226 e. The van der Waals surface area contributed by atoms with E-state index >= 15 is 0 Å². The number of hydrogen-bond acceptors (Lipinski definition) is 4. The summed E-state index contributed by atoms with van der Waals surface area (Å²) in [6.07, 6.45) is 8.71. The van der Waals surface area contributed by atoms with Crippen LogP contribution >= 0.6 is 0 Å². The summed E-state index contributed by atoms with van der Waals surface area (Å²) in [6, 6.07) is 1.98. The van der Waals surface area contributed by atoms with Gasteiger partial charge >= 0.3 is 0 Å². The number of hydrogen-bond donors (Lipinski definition) is 0. The molecule has 1 fully saturated rings. The fraction of sp³-hybridized carbons (Fsp3) is 0.615. The Balaban J connectivity index is 1.57. The van der Waals surface area contributed by atoms with Crippen molar-refractivity contribution in [3.63, 3.8) is 0 Å². The van der Waals surface area contributed by atoms with E-state index in [0.717, 1.165) is 29.7 Å². The molecule has 96 valence electrons. The first kappa shape index (κ1) is 11.4. The summed E-state index contributed by atoms with van der Waals surface area (Å²) in [5, 5.41) is 8.16. The van der Waals surface area contributed by atoms with Gasteiger partial charge < -0.3 is 4.52 Å². The van der Waals surface area contributed by atoms with Gasteiger partial charge in [0.1, 0.15) is 0 Å². The molecule has 5 nitrogen and oxygen atoms in total. The lowest BCUT2D eigenvalue weighted by molar-refractivity contribution is 0.280. The van der Waals surface area contributed by atoms with Crippen LogP contribution < -0.4 is 0 Å². The Morgan fingerprint density at radius 3 is 3.00 bits per heavy atom. The smallest absolute Gasteiger partial charge is 0.226 e. The van der Waals surface area contributed by atoms with Crippen LogP contribution in [0.1, 0.15) is 43.1 Å². The molecule has 0 unspecified atom stereocenters. The molecular formula is C13H18N4O. The normalized spacial score (nSPS) is 15.8. The van der Waals surface area contributed by atoms with E-state index in [1.165, 1.54) is 25.7 Å². The van der Waals surface area contributed by atoms with Gasteiger partial charge in [-0.25, -0.2) is 0 Å². The third-order valence-corrected chi connectivity index (χ3v) is 3.76. The van der Waals surface area contributed by atoms with Gasteiger partial charge in [-0.05, 0) is 18.4 Å². The van der Waals surface area contributed by atoms with Gasteiger partial charge in [0.05, 0.1) is 6.42 Å². The van der Waals surface area contributed by atoms with Crippen molar-refractivity contribution < 1.29 is 4.52 Å². The van der Waals surface area contributed by atoms with Crippen LogP contribution in [0.25, 0.3) is 0 Å².